The minimum atomic E-state index is 0.131. The normalized spacial score (nSPS) is 14.4. The summed E-state index contributed by atoms with van der Waals surface area (Å²) in [6.07, 6.45) is 3.39. The van der Waals surface area contributed by atoms with Gasteiger partial charge >= 0.3 is 0 Å². The second-order valence-electron chi connectivity index (χ2n) is 6.46. The first-order valence-corrected chi connectivity index (χ1v) is 10.1. The molecule has 2 aromatic carbocycles. The van der Waals surface area contributed by atoms with Crippen molar-refractivity contribution in [3.05, 3.63) is 48.4 Å². The second-order valence-corrected chi connectivity index (χ2v) is 7.38. The molecule has 6 nitrogen and oxygen atoms in total. The molecular formula is C20H21N3O3S. The van der Waals surface area contributed by atoms with Crippen LogP contribution in [-0.2, 0) is 11.4 Å². The summed E-state index contributed by atoms with van der Waals surface area (Å²) >= 11 is 1.28. The summed E-state index contributed by atoms with van der Waals surface area (Å²) in [6, 6.07) is 14.0. The van der Waals surface area contributed by atoms with Crippen LogP contribution >= 0.6 is 11.8 Å². The number of fused-ring (bicyclic) bond motifs is 1. The third-order valence-corrected chi connectivity index (χ3v) is 5.38. The van der Waals surface area contributed by atoms with E-state index in [9.17, 15) is 4.79 Å². The van der Waals surface area contributed by atoms with Gasteiger partial charge in [0.1, 0.15) is 5.75 Å². The number of hydrogen-bond donors (Lipinski definition) is 0. The molecule has 1 aliphatic rings. The van der Waals surface area contributed by atoms with Crippen LogP contribution in [0.2, 0.25) is 0 Å². The Bertz CT molecular complexity index is 916. The molecule has 0 aliphatic carbocycles. The molecule has 0 spiro atoms. The number of likely N-dealkylation sites (tertiary alicyclic amines) is 1. The largest absolute Gasteiger partial charge is 0.483 e. The Morgan fingerprint density at radius 1 is 1.07 bits per heavy atom. The fraction of sp³-hybridized carbons (Fsp3) is 0.350. The summed E-state index contributed by atoms with van der Waals surface area (Å²) in [7, 11) is 0. The average molecular weight is 383 g/mol. The van der Waals surface area contributed by atoms with Gasteiger partial charge < -0.3 is 14.1 Å². The van der Waals surface area contributed by atoms with Crippen LogP contribution in [0.25, 0.3) is 10.8 Å². The van der Waals surface area contributed by atoms with Crippen molar-refractivity contribution < 1.29 is 13.9 Å². The van der Waals surface area contributed by atoms with Crippen molar-refractivity contribution in [2.45, 2.75) is 31.1 Å². The van der Waals surface area contributed by atoms with Crippen molar-refractivity contribution in [3.63, 3.8) is 0 Å². The lowest BCUT2D eigenvalue weighted by molar-refractivity contribution is -0.129. The third-order valence-electron chi connectivity index (χ3n) is 4.58. The molecule has 1 saturated heterocycles. The summed E-state index contributed by atoms with van der Waals surface area (Å²) in [5.74, 6) is 1.63. The van der Waals surface area contributed by atoms with Crippen LogP contribution in [0.1, 0.15) is 25.2 Å². The summed E-state index contributed by atoms with van der Waals surface area (Å²) in [5, 5.41) is 10.6. The number of aromatic nitrogens is 2. The van der Waals surface area contributed by atoms with Crippen LogP contribution in [0.5, 0.6) is 5.75 Å². The second kappa shape index (κ2) is 8.43. The van der Waals surface area contributed by atoms with E-state index in [2.05, 4.69) is 10.2 Å². The molecule has 7 heteroatoms. The maximum absolute atomic E-state index is 12.2. The number of rotatable bonds is 6. The quantitative estimate of drug-likeness (QED) is 0.601. The SMILES string of the molecule is O=C(CSc1nnc(COc2cccc3ccccc23)o1)N1CCCCC1. The van der Waals surface area contributed by atoms with Gasteiger partial charge in [-0.25, -0.2) is 0 Å². The molecule has 0 N–H and O–H groups in total. The fourth-order valence-corrected chi connectivity index (χ4v) is 3.86. The maximum atomic E-state index is 12.2. The number of nitrogens with zero attached hydrogens (tertiary/aromatic N) is 3. The third kappa shape index (κ3) is 4.42. The fourth-order valence-electron chi connectivity index (χ4n) is 3.17. The van der Waals surface area contributed by atoms with E-state index in [1.54, 1.807) is 0 Å². The molecule has 1 aromatic heterocycles. The molecule has 27 heavy (non-hydrogen) atoms. The molecule has 1 amide bonds. The smallest absolute Gasteiger partial charge is 0.277 e. The molecule has 4 rings (SSSR count). The average Bonchev–Trinajstić information content (AvgIpc) is 3.19. The van der Waals surface area contributed by atoms with Crippen LogP contribution in [0.4, 0.5) is 0 Å². The van der Waals surface area contributed by atoms with Crippen LogP contribution in [0.3, 0.4) is 0 Å². The van der Waals surface area contributed by atoms with Crippen molar-refractivity contribution in [2.24, 2.45) is 0 Å². The van der Waals surface area contributed by atoms with Crippen molar-refractivity contribution in [2.75, 3.05) is 18.8 Å². The number of benzene rings is 2. The van der Waals surface area contributed by atoms with Crippen LogP contribution in [0.15, 0.2) is 52.1 Å². The van der Waals surface area contributed by atoms with Gasteiger partial charge in [-0.05, 0) is 30.7 Å². The highest BCUT2D eigenvalue weighted by Gasteiger charge is 2.18. The Hall–Kier alpha value is -2.54. The topological polar surface area (TPSA) is 68.5 Å². The van der Waals surface area contributed by atoms with E-state index in [0.717, 1.165) is 42.5 Å². The van der Waals surface area contributed by atoms with E-state index >= 15 is 0 Å². The number of amides is 1. The highest BCUT2D eigenvalue weighted by molar-refractivity contribution is 7.99. The van der Waals surface area contributed by atoms with Gasteiger partial charge in [-0.2, -0.15) is 0 Å². The van der Waals surface area contributed by atoms with E-state index in [1.807, 2.05) is 47.4 Å². The zero-order valence-corrected chi connectivity index (χ0v) is 15.8. The molecule has 0 radical (unpaired) electrons. The minimum Gasteiger partial charge on any atom is -0.483 e. The van der Waals surface area contributed by atoms with Crippen molar-refractivity contribution in [1.82, 2.24) is 15.1 Å². The van der Waals surface area contributed by atoms with Crippen LogP contribution in [0, 0.1) is 0 Å². The molecule has 1 fully saturated rings. The summed E-state index contributed by atoms with van der Waals surface area (Å²) in [6.45, 7) is 1.91. The van der Waals surface area contributed by atoms with Gasteiger partial charge in [0.2, 0.25) is 5.91 Å². The van der Waals surface area contributed by atoms with E-state index < -0.39 is 0 Å². The van der Waals surface area contributed by atoms with Crippen LogP contribution in [-0.4, -0.2) is 39.8 Å². The van der Waals surface area contributed by atoms with E-state index in [1.165, 1.54) is 18.2 Å². The predicted molar refractivity (Wildman–Crippen MR) is 104 cm³/mol. The highest BCUT2D eigenvalue weighted by Crippen LogP contribution is 2.26. The van der Waals surface area contributed by atoms with Gasteiger partial charge in [-0.3, -0.25) is 4.79 Å². The Morgan fingerprint density at radius 3 is 2.78 bits per heavy atom. The molecule has 140 valence electrons. The monoisotopic (exact) mass is 383 g/mol. The van der Waals surface area contributed by atoms with Crippen molar-refractivity contribution >= 4 is 28.4 Å². The molecule has 0 bridgehead atoms. The number of carbonyl (C=O) groups is 1. The van der Waals surface area contributed by atoms with Gasteiger partial charge in [0.05, 0.1) is 5.75 Å². The molecule has 0 atom stereocenters. The van der Waals surface area contributed by atoms with Crippen molar-refractivity contribution in [3.8, 4) is 5.75 Å². The Kier molecular flexibility index (Phi) is 5.58. The van der Waals surface area contributed by atoms with Gasteiger partial charge in [-0.15, -0.1) is 10.2 Å². The number of thioether (sulfide) groups is 1. The molecule has 1 aliphatic heterocycles. The lowest BCUT2D eigenvalue weighted by Gasteiger charge is -2.26. The maximum Gasteiger partial charge on any atom is 0.277 e. The molecule has 0 saturated carbocycles. The van der Waals surface area contributed by atoms with E-state index in [-0.39, 0.29) is 12.5 Å². The molecular weight excluding hydrogens is 362 g/mol. The van der Waals surface area contributed by atoms with Crippen LogP contribution < -0.4 is 4.74 Å². The Balaban J connectivity index is 1.32. The molecule has 3 aromatic rings. The number of piperidine rings is 1. The predicted octanol–water partition coefficient (Wildman–Crippen LogP) is 3.91. The van der Waals surface area contributed by atoms with E-state index in [0.29, 0.717) is 16.9 Å². The Labute approximate surface area is 161 Å². The first-order valence-electron chi connectivity index (χ1n) is 9.13. The van der Waals surface area contributed by atoms with Gasteiger partial charge in [-0.1, -0.05) is 48.2 Å². The number of hydrogen-bond acceptors (Lipinski definition) is 6. The minimum absolute atomic E-state index is 0.131. The zero-order valence-electron chi connectivity index (χ0n) is 15.0. The number of ether oxygens (including phenoxy) is 1. The molecule has 0 unspecified atom stereocenters. The summed E-state index contributed by atoms with van der Waals surface area (Å²) in [5.41, 5.74) is 0. The lowest BCUT2D eigenvalue weighted by atomic mass is 10.1. The zero-order chi connectivity index (χ0) is 18.5. The first kappa shape index (κ1) is 17.9. The molecule has 2 heterocycles. The van der Waals surface area contributed by atoms with Crippen molar-refractivity contribution in [1.29, 1.82) is 0 Å². The summed E-state index contributed by atoms with van der Waals surface area (Å²) < 4.78 is 11.5. The standard InChI is InChI=1S/C20H21N3O3S/c24-19(23-11-4-1-5-12-23)14-27-20-22-21-18(26-20)13-25-17-10-6-8-15-7-2-3-9-16(15)17/h2-3,6-10H,1,4-5,11-14H2. The van der Waals surface area contributed by atoms with Gasteiger partial charge in [0.15, 0.2) is 6.61 Å². The highest BCUT2D eigenvalue weighted by atomic mass is 32.2. The van der Waals surface area contributed by atoms with E-state index in [4.69, 9.17) is 9.15 Å². The van der Waals surface area contributed by atoms with Gasteiger partial charge in [0, 0.05) is 18.5 Å². The lowest BCUT2D eigenvalue weighted by Crippen LogP contribution is -2.36. The summed E-state index contributed by atoms with van der Waals surface area (Å²) in [4.78, 5) is 14.1. The van der Waals surface area contributed by atoms with Gasteiger partial charge in [0.25, 0.3) is 11.1 Å². The first-order chi connectivity index (χ1) is 13.3. The number of carbonyl (C=O) groups excluding carboxylic acids is 1. The Morgan fingerprint density at radius 2 is 1.89 bits per heavy atom.